The maximum atomic E-state index is 11.5. The molecule has 0 heterocycles. The van der Waals surface area contributed by atoms with E-state index in [1.165, 1.54) is 12.8 Å². The van der Waals surface area contributed by atoms with Gasteiger partial charge in [0.2, 0.25) is 0 Å². The van der Waals surface area contributed by atoms with Crippen LogP contribution in [-0.4, -0.2) is 16.8 Å². The zero-order valence-electron chi connectivity index (χ0n) is 10.0. The maximum Gasteiger partial charge on any atom is 0.143 e. The van der Waals surface area contributed by atoms with Crippen LogP contribution in [0.4, 0.5) is 0 Å². The Morgan fingerprint density at radius 1 is 1.29 bits per heavy atom. The lowest BCUT2D eigenvalue weighted by atomic mass is 10.0. The normalized spacial score (nSPS) is 15.1. The van der Waals surface area contributed by atoms with E-state index < -0.39 is 0 Å². The van der Waals surface area contributed by atoms with E-state index in [-0.39, 0.29) is 0 Å². The lowest BCUT2D eigenvalue weighted by Crippen LogP contribution is -2.09. The molecule has 0 aliphatic rings. The van der Waals surface area contributed by atoms with Gasteiger partial charge in [0.25, 0.3) is 0 Å². The molecule has 0 N–H and O–H groups in total. The van der Waals surface area contributed by atoms with E-state index in [0.717, 1.165) is 12.8 Å². The van der Waals surface area contributed by atoms with Gasteiger partial charge in [-0.3, -0.25) is 4.79 Å². The molecule has 0 rings (SSSR count). The van der Waals surface area contributed by atoms with Crippen molar-refractivity contribution in [3.8, 4) is 0 Å². The molecule has 1 nitrogen and oxygen atoms in total. The first-order valence-corrected chi connectivity index (χ1v) is 6.78. The van der Waals surface area contributed by atoms with Crippen molar-refractivity contribution < 1.29 is 4.79 Å². The Balaban J connectivity index is 3.54. The molecule has 0 saturated heterocycles. The van der Waals surface area contributed by atoms with Crippen LogP contribution in [0.25, 0.3) is 0 Å². The molecule has 0 amide bonds. The predicted octanol–water partition coefficient (Wildman–Crippen LogP) is 3.91. The van der Waals surface area contributed by atoms with Crippen molar-refractivity contribution in [2.24, 2.45) is 5.92 Å². The van der Waals surface area contributed by atoms with Crippen molar-refractivity contribution >= 4 is 17.5 Å². The van der Waals surface area contributed by atoms with Crippen LogP contribution in [0.1, 0.15) is 53.4 Å². The number of Topliss-reactive ketones (excluding diaryl/α,β-unsaturated/α-hetero) is 1. The zero-order valence-corrected chi connectivity index (χ0v) is 10.8. The highest BCUT2D eigenvalue weighted by molar-refractivity contribution is 8.00. The van der Waals surface area contributed by atoms with Gasteiger partial charge in [-0.1, -0.05) is 40.5 Å². The minimum atomic E-state index is 0.427. The molecule has 0 aliphatic carbocycles. The SMILES string of the molecule is CCCC(C)CC(=O)CSC(C)CC. The van der Waals surface area contributed by atoms with E-state index in [1.54, 1.807) is 11.8 Å². The van der Waals surface area contributed by atoms with Gasteiger partial charge in [-0.05, 0) is 12.3 Å². The lowest BCUT2D eigenvalue weighted by molar-refractivity contribution is -0.117. The summed E-state index contributed by atoms with van der Waals surface area (Å²) >= 11 is 1.80. The fraction of sp³-hybridized carbons (Fsp3) is 0.917. The second-order valence-corrected chi connectivity index (χ2v) is 5.59. The van der Waals surface area contributed by atoms with Crippen molar-refractivity contribution in [2.75, 3.05) is 5.75 Å². The van der Waals surface area contributed by atoms with Crippen molar-refractivity contribution in [1.29, 1.82) is 0 Å². The highest BCUT2D eigenvalue weighted by Gasteiger charge is 2.09. The molecule has 0 fully saturated rings. The topological polar surface area (TPSA) is 17.1 Å². The van der Waals surface area contributed by atoms with Gasteiger partial charge in [0.1, 0.15) is 5.78 Å². The average molecular weight is 216 g/mol. The van der Waals surface area contributed by atoms with Gasteiger partial charge in [-0.25, -0.2) is 0 Å². The molecule has 0 aliphatic heterocycles. The molecule has 2 atom stereocenters. The summed E-state index contributed by atoms with van der Waals surface area (Å²) in [5.74, 6) is 1.71. The van der Waals surface area contributed by atoms with Gasteiger partial charge in [-0.15, -0.1) is 0 Å². The quantitative estimate of drug-likeness (QED) is 0.612. The predicted molar refractivity (Wildman–Crippen MR) is 65.9 cm³/mol. The van der Waals surface area contributed by atoms with Crippen molar-refractivity contribution in [2.45, 2.75) is 58.6 Å². The van der Waals surface area contributed by atoms with E-state index >= 15 is 0 Å². The number of rotatable bonds is 8. The Labute approximate surface area is 93.0 Å². The van der Waals surface area contributed by atoms with Crippen molar-refractivity contribution in [3.63, 3.8) is 0 Å². The van der Waals surface area contributed by atoms with Gasteiger partial charge in [0.05, 0.1) is 5.75 Å². The summed E-state index contributed by atoms with van der Waals surface area (Å²) in [6.07, 6.45) is 4.30. The summed E-state index contributed by atoms with van der Waals surface area (Å²) in [5, 5.41) is 0.625. The molecular weight excluding hydrogens is 192 g/mol. The van der Waals surface area contributed by atoms with E-state index in [9.17, 15) is 4.79 Å². The summed E-state index contributed by atoms with van der Waals surface area (Å²) in [7, 11) is 0. The van der Waals surface area contributed by atoms with E-state index in [1.807, 2.05) is 0 Å². The number of ketones is 1. The third kappa shape index (κ3) is 7.43. The Hall–Kier alpha value is 0.0200. The maximum absolute atomic E-state index is 11.5. The molecule has 2 heteroatoms. The third-order valence-corrected chi connectivity index (χ3v) is 3.85. The number of carbonyl (C=O) groups excluding carboxylic acids is 1. The molecule has 14 heavy (non-hydrogen) atoms. The minimum absolute atomic E-state index is 0.427. The highest BCUT2D eigenvalue weighted by Crippen LogP contribution is 2.16. The fourth-order valence-corrected chi connectivity index (χ4v) is 2.22. The van der Waals surface area contributed by atoms with Crippen LogP contribution in [0.5, 0.6) is 0 Å². The molecule has 0 bridgehead atoms. The summed E-state index contributed by atoms with van der Waals surface area (Å²) in [4.78, 5) is 11.5. The largest absolute Gasteiger partial charge is 0.299 e. The summed E-state index contributed by atoms with van der Waals surface area (Å²) < 4.78 is 0. The Kier molecular flexibility index (Phi) is 8.35. The van der Waals surface area contributed by atoms with Crippen LogP contribution in [-0.2, 0) is 4.79 Å². The average Bonchev–Trinajstić information content (AvgIpc) is 2.14. The Bertz CT molecular complexity index is 156. The number of hydrogen-bond acceptors (Lipinski definition) is 2. The molecule has 0 aromatic heterocycles. The third-order valence-electron chi connectivity index (χ3n) is 2.46. The van der Waals surface area contributed by atoms with Gasteiger partial charge in [0, 0.05) is 11.7 Å². The summed E-state index contributed by atoms with van der Waals surface area (Å²) in [6.45, 7) is 8.71. The van der Waals surface area contributed by atoms with Gasteiger partial charge in [0.15, 0.2) is 0 Å². The van der Waals surface area contributed by atoms with Crippen molar-refractivity contribution in [3.05, 3.63) is 0 Å². The van der Waals surface area contributed by atoms with Gasteiger partial charge >= 0.3 is 0 Å². The molecule has 0 radical (unpaired) electrons. The summed E-state index contributed by atoms with van der Waals surface area (Å²) in [5.41, 5.74) is 0. The van der Waals surface area contributed by atoms with Gasteiger partial charge < -0.3 is 0 Å². The number of hydrogen-bond donors (Lipinski definition) is 0. The van der Waals surface area contributed by atoms with Crippen LogP contribution in [0.2, 0.25) is 0 Å². The number of carbonyl (C=O) groups is 1. The first kappa shape index (κ1) is 14.0. The standard InChI is InChI=1S/C12H24OS/c1-5-7-10(3)8-12(13)9-14-11(4)6-2/h10-11H,5-9H2,1-4H3. The zero-order chi connectivity index (χ0) is 11.0. The Morgan fingerprint density at radius 3 is 2.43 bits per heavy atom. The first-order chi connectivity index (χ1) is 6.60. The van der Waals surface area contributed by atoms with Crippen LogP contribution in [0.15, 0.2) is 0 Å². The van der Waals surface area contributed by atoms with Crippen molar-refractivity contribution in [1.82, 2.24) is 0 Å². The van der Waals surface area contributed by atoms with E-state index in [0.29, 0.717) is 22.7 Å². The molecule has 0 saturated carbocycles. The second kappa shape index (κ2) is 8.34. The van der Waals surface area contributed by atoms with Crippen LogP contribution >= 0.6 is 11.8 Å². The second-order valence-electron chi connectivity index (χ2n) is 4.17. The fourth-order valence-electron chi connectivity index (χ4n) is 1.40. The van der Waals surface area contributed by atoms with Crippen LogP contribution < -0.4 is 0 Å². The van der Waals surface area contributed by atoms with Crippen LogP contribution in [0.3, 0.4) is 0 Å². The molecule has 0 spiro atoms. The van der Waals surface area contributed by atoms with Crippen LogP contribution in [0, 0.1) is 5.92 Å². The number of thioether (sulfide) groups is 1. The van der Waals surface area contributed by atoms with E-state index in [4.69, 9.17) is 0 Å². The molecule has 0 aromatic carbocycles. The first-order valence-electron chi connectivity index (χ1n) is 5.73. The monoisotopic (exact) mass is 216 g/mol. The molecule has 2 unspecified atom stereocenters. The summed E-state index contributed by atoms with van der Waals surface area (Å²) in [6, 6.07) is 0. The lowest BCUT2D eigenvalue weighted by Gasteiger charge is -2.10. The minimum Gasteiger partial charge on any atom is -0.299 e. The molecular formula is C12H24OS. The van der Waals surface area contributed by atoms with Gasteiger partial charge in [-0.2, -0.15) is 11.8 Å². The van der Waals surface area contributed by atoms with E-state index in [2.05, 4.69) is 27.7 Å². The molecule has 84 valence electrons. The highest BCUT2D eigenvalue weighted by atomic mass is 32.2. The Morgan fingerprint density at radius 2 is 1.93 bits per heavy atom. The smallest absolute Gasteiger partial charge is 0.143 e. The molecule has 0 aromatic rings.